The number of aromatic nitrogens is 4. The molecule has 0 aliphatic carbocycles. The van der Waals surface area contributed by atoms with Crippen molar-refractivity contribution in [3.8, 4) is 11.5 Å². The second-order valence-electron chi connectivity index (χ2n) is 13.3. The Kier molecular flexibility index (Phi) is 9.52. The molecule has 2 aromatic heterocycles. The van der Waals surface area contributed by atoms with Crippen LogP contribution in [0.4, 0.5) is 10.2 Å². The first-order valence-electron chi connectivity index (χ1n) is 16.1. The monoisotopic (exact) mass is 670 g/mol. The zero-order chi connectivity index (χ0) is 33.3. The molecule has 0 radical (unpaired) electrons. The minimum Gasteiger partial charge on any atom is -0.451 e. The van der Waals surface area contributed by atoms with Crippen molar-refractivity contribution in [2.24, 2.45) is 12.5 Å². The maximum atomic E-state index is 14.2. The molecule has 6 rings (SSSR count). The van der Waals surface area contributed by atoms with E-state index < -0.39 is 15.8 Å². The number of hydrogen-bond donors (Lipinski definition) is 1. The largest absolute Gasteiger partial charge is 0.451 e. The zero-order valence-corrected chi connectivity index (χ0v) is 28.1. The molecule has 0 bridgehead atoms. The molecule has 3 aliphatic rings. The number of piperidine rings is 1. The second kappa shape index (κ2) is 13.5. The Hall–Kier alpha value is -3.66. The van der Waals surface area contributed by atoms with Gasteiger partial charge in [0.1, 0.15) is 22.8 Å². The third-order valence-corrected chi connectivity index (χ3v) is 11.0. The molecule has 1 spiro atoms. The maximum absolute atomic E-state index is 14.2. The van der Waals surface area contributed by atoms with Crippen LogP contribution in [0, 0.1) is 11.2 Å². The molecule has 0 unspecified atom stereocenters. The van der Waals surface area contributed by atoms with E-state index in [-0.39, 0.29) is 45.7 Å². The summed E-state index contributed by atoms with van der Waals surface area (Å²) in [6, 6.07) is 3.63. The highest BCUT2D eigenvalue weighted by molar-refractivity contribution is 7.89. The van der Waals surface area contributed by atoms with Crippen LogP contribution in [0.5, 0.6) is 11.5 Å². The summed E-state index contributed by atoms with van der Waals surface area (Å²) in [6.45, 7) is 8.55. The number of halogens is 1. The number of nitrogens with zero attached hydrogens (tertiary/aromatic N) is 7. The van der Waals surface area contributed by atoms with Crippen molar-refractivity contribution in [1.29, 1.82) is 0 Å². The lowest BCUT2D eigenvalue weighted by molar-refractivity contribution is -0.0299. The van der Waals surface area contributed by atoms with E-state index >= 15 is 0 Å². The first-order valence-corrected chi connectivity index (χ1v) is 17.5. The Morgan fingerprint density at radius 1 is 1.19 bits per heavy atom. The van der Waals surface area contributed by atoms with Gasteiger partial charge in [-0.2, -0.15) is 5.10 Å². The predicted molar refractivity (Wildman–Crippen MR) is 172 cm³/mol. The smallest absolute Gasteiger partial charge is 0.257 e. The summed E-state index contributed by atoms with van der Waals surface area (Å²) in [4.78, 5) is 28.1. The van der Waals surface area contributed by atoms with Gasteiger partial charge in [-0.1, -0.05) is 0 Å². The normalized spacial score (nSPS) is 21.5. The van der Waals surface area contributed by atoms with Crippen molar-refractivity contribution in [2.45, 2.75) is 62.6 Å². The van der Waals surface area contributed by atoms with Gasteiger partial charge in [0.15, 0.2) is 11.6 Å². The van der Waals surface area contributed by atoms with E-state index in [1.165, 1.54) is 41.6 Å². The van der Waals surface area contributed by atoms with Gasteiger partial charge in [0.2, 0.25) is 10.0 Å². The molecule has 3 aromatic rings. The molecule has 0 saturated carbocycles. The Balaban J connectivity index is 0.996. The standard InChI is InChI=1S/C32H43FN8O5S/c1-22(2)39(4)31(42)27-13-23(33)5-8-28(27)46-29-15-34-21-35-30(29)41-19-32(20-41)9-11-40(12-10-32)16-25-7-6-24(18-45-25)37-47(43,44)26-14-36-38(3)17-26/h5,8,13-15,17,21-22,24-25,37H,6-7,9-12,16,18-20H2,1-4H3/t24-,25+/m1/s1. The number of hydrogen-bond acceptors (Lipinski definition) is 10. The maximum Gasteiger partial charge on any atom is 0.257 e. The Bertz CT molecular complexity index is 1680. The fraction of sp³-hybridized carbons (Fsp3) is 0.562. The van der Waals surface area contributed by atoms with Crippen LogP contribution >= 0.6 is 0 Å². The highest BCUT2D eigenvalue weighted by atomic mass is 32.2. The summed E-state index contributed by atoms with van der Waals surface area (Å²) in [5.41, 5.74) is 0.325. The summed E-state index contributed by atoms with van der Waals surface area (Å²) in [7, 11) is -0.256. The van der Waals surface area contributed by atoms with Gasteiger partial charge in [0, 0.05) is 57.4 Å². The minimum absolute atomic E-state index is 0.0628. The number of benzene rings is 1. The van der Waals surface area contributed by atoms with E-state index in [9.17, 15) is 17.6 Å². The lowest BCUT2D eigenvalue weighted by Crippen LogP contribution is -2.61. The van der Waals surface area contributed by atoms with Gasteiger partial charge in [0.25, 0.3) is 5.91 Å². The van der Waals surface area contributed by atoms with Crippen LogP contribution in [-0.2, 0) is 21.8 Å². The van der Waals surface area contributed by atoms with Gasteiger partial charge in [-0.15, -0.1) is 0 Å². The van der Waals surface area contributed by atoms with E-state index in [1.807, 2.05) is 13.8 Å². The van der Waals surface area contributed by atoms with Crippen molar-refractivity contribution in [3.05, 3.63) is 54.5 Å². The number of nitrogens with one attached hydrogen (secondary N) is 1. The zero-order valence-electron chi connectivity index (χ0n) is 27.3. The molecule has 15 heteroatoms. The lowest BCUT2D eigenvalue weighted by atomic mass is 9.72. The Labute approximate surface area is 275 Å². The fourth-order valence-electron chi connectivity index (χ4n) is 6.52. The molecule has 3 saturated heterocycles. The molecule has 3 fully saturated rings. The molecular formula is C32H43FN8O5S. The van der Waals surface area contributed by atoms with E-state index in [4.69, 9.17) is 9.47 Å². The first-order chi connectivity index (χ1) is 22.4. The van der Waals surface area contributed by atoms with Crippen LogP contribution in [0.25, 0.3) is 0 Å². The van der Waals surface area contributed by atoms with E-state index in [1.54, 1.807) is 25.2 Å². The number of rotatable bonds is 10. The third kappa shape index (κ3) is 7.42. The molecule has 254 valence electrons. The molecule has 1 amide bonds. The van der Waals surface area contributed by atoms with Crippen LogP contribution in [0.15, 0.2) is 48.0 Å². The van der Waals surface area contributed by atoms with Gasteiger partial charge in [0.05, 0.1) is 30.7 Å². The molecule has 1 N–H and O–H groups in total. The summed E-state index contributed by atoms with van der Waals surface area (Å²) in [5.74, 6) is 0.486. The summed E-state index contributed by atoms with van der Waals surface area (Å²) < 4.78 is 56.0. The number of anilines is 1. The minimum atomic E-state index is -3.62. The lowest BCUT2D eigenvalue weighted by Gasteiger charge is -2.54. The van der Waals surface area contributed by atoms with Crippen LogP contribution in [-0.4, -0.2) is 108 Å². The molecule has 3 aliphatic heterocycles. The van der Waals surface area contributed by atoms with Crippen LogP contribution in [0.1, 0.15) is 49.9 Å². The van der Waals surface area contributed by atoms with Crippen molar-refractivity contribution >= 4 is 21.7 Å². The molecular weight excluding hydrogens is 627 g/mol. The van der Waals surface area contributed by atoms with Gasteiger partial charge in [-0.25, -0.2) is 27.5 Å². The number of ether oxygens (including phenoxy) is 2. The Morgan fingerprint density at radius 3 is 2.62 bits per heavy atom. The van der Waals surface area contributed by atoms with Crippen molar-refractivity contribution in [1.82, 2.24) is 34.3 Å². The number of likely N-dealkylation sites (tertiary alicyclic amines) is 1. The van der Waals surface area contributed by atoms with Crippen LogP contribution < -0.4 is 14.4 Å². The molecule has 13 nitrogen and oxygen atoms in total. The number of amides is 1. The molecule has 1 aromatic carbocycles. The molecule has 5 heterocycles. The molecule has 2 atom stereocenters. The SMILES string of the molecule is CC(C)N(C)C(=O)c1cc(F)ccc1Oc1cncnc1N1CC2(CCN(C[C@@H]3CC[C@@H](NS(=O)(=O)c4cnn(C)c4)CO3)CC2)C1. The number of sulfonamides is 1. The fourth-order valence-corrected chi connectivity index (χ4v) is 7.75. The number of carbonyl (C=O) groups is 1. The predicted octanol–water partition coefficient (Wildman–Crippen LogP) is 3.05. The quantitative estimate of drug-likeness (QED) is 0.343. The summed E-state index contributed by atoms with van der Waals surface area (Å²) in [5, 5.41) is 3.96. The van der Waals surface area contributed by atoms with Gasteiger partial charge in [-0.3, -0.25) is 9.48 Å². The second-order valence-corrected chi connectivity index (χ2v) is 15.0. The summed E-state index contributed by atoms with van der Waals surface area (Å²) >= 11 is 0. The summed E-state index contributed by atoms with van der Waals surface area (Å²) in [6.07, 6.45) is 9.58. The number of aryl methyl sites for hydroxylation is 1. The highest BCUT2D eigenvalue weighted by Crippen LogP contribution is 2.45. The van der Waals surface area contributed by atoms with E-state index in [2.05, 4.69) is 29.6 Å². The Morgan fingerprint density at radius 2 is 1.96 bits per heavy atom. The highest BCUT2D eigenvalue weighted by Gasteiger charge is 2.46. The van der Waals surface area contributed by atoms with E-state index in [0.717, 1.165) is 58.4 Å². The van der Waals surface area contributed by atoms with Gasteiger partial charge >= 0.3 is 0 Å². The van der Waals surface area contributed by atoms with Gasteiger partial charge < -0.3 is 24.2 Å². The van der Waals surface area contributed by atoms with Crippen LogP contribution in [0.2, 0.25) is 0 Å². The van der Waals surface area contributed by atoms with E-state index in [0.29, 0.717) is 18.2 Å². The van der Waals surface area contributed by atoms with Gasteiger partial charge in [-0.05, 0) is 70.8 Å². The topological polar surface area (TPSA) is 135 Å². The molecule has 47 heavy (non-hydrogen) atoms. The van der Waals surface area contributed by atoms with Crippen molar-refractivity contribution < 1.29 is 27.1 Å². The average molecular weight is 671 g/mol. The van der Waals surface area contributed by atoms with Crippen molar-refractivity contribution in [3.63, 3.8) is 0 Å². The van der Waals surface area contributed by atoms with Crippen LogP contribution in [0.3, 0.4) is 0 Å². The average Bonchev–Trinajstić information content (AvgIpc) is 3.49. The van der Waals surface area contributed by atoms with Crippen molar-refractivity contribution in [2.75, 3.05) is 51.3 Å². The number of carbonyl (C=O) groups excluding carboxylic acids is 1. The third-order valence-electron chi connectivity index (χ3n) is 9.56. The first kappa shape index (κ1) is 33.2.